The third-order valence-corrected chi connectivity index (χ3v) is 5.01. The molecular weight excluding hydrogens is 330 g/mol. The van der Waals surface area contributed by atoms with Crippen LogP contribution >= 0.6 is 7.82 Å². The fraction of sp³-hybridized carbons (Fsp3) is 0.600. The Morgan fingerprint density at radius 2 is 2.13 bits per heavy atom. The van der Waals surface area contributed by atoms with Gasteiger partial charge in [0, 0.05) is 0 Å². The van der Waals surface area contributed by atoms with Crippen molar-refractivity contribution in [1.82, 2.24) is 9.97 Å². The number of aliphatic hydroxyl groups excluding tert-OH is 1. The second-order valence-corrected chi connectivity index (χ2v) is 7.02. The van der Waals surface area contributed by atoms with E-state index in [4.69, 9.17) is 21.4 Å². The number of ether oxygens (including phenoxy) is 1. The van der Waals surface area contributed by atoms with Gasteiger partial charge < -0.3 is 20.1 Å². The standard InChI is InChI=1S/C10H13BN4O7P/c11-23(19)20-1-3-6(22-23)5(16)9(21-3)15-2-12-4-7(15)13-10(18)14-8(4)17/h3,5-6,9,12,16,19H,1-2H2,(H2,13,14,17,18)/q+1/t3?,5?,6-,9?,23?/m1/s1. The topological polar surface area (TPSA) is 149 Å². The predicted octanol–water partition coefficient (Wildman–Crippen LogP) is -2.41. The van der Waals surface area contributed by atoms with Crippen LogP contribution in [0.4, 0.5) is 11.5 Å². The third-order valence-electron chi connectivity index (χ3n) is 3.95. The fourth-order valence-electron chi connectivity index (χ4n) is 2.94. The molecule has 1 aromatic rings. The number of hydrogen-bond acceptors (Lipinski definition) is 9. The number of H-pyrrole nitrogens is 2. The predicted molar refractivity (Wildman–Crippen MR) is 79.0 cm³/mol. The first-order valence-corrected chi connectivity index (χ1v) is 8.44. The van der Waals surface area contributed by atoms with Gasteiger partial charge in [0.05, 0.1) is 6.67 Å². The lowest BCUT2D eigenvalue weighted by atomic mass is 10.1. The van der Waals surface area contributed by atoms with Crippen molar-refractivity contribution in [2.45, 2.75) is 24.5 Å². The van der Waals surface area contributed by atoms with Gasteiger partial charge in [-0.1, -0.05) is 0 Å². The van der Waals surface area contributed by atoms with Crippen LogP contribution in [-0.2, 0) is 13.8 Å². The first kappa shape index (κ1) is 15.1. The van der Waals surface area contributed by atoms with E-state index in [-0.39, 0.29) is 24.8 Å². The Hall–Kier alpha value is -1.43. The summed E-state index contributed by atoms with van der Waals surface area (Å²) in [4.78, 5) is 39.0. The Kier molecular flexibility index (Phi) is 3.31. The maximum Gasteiger partial charge on any atom is 0.488 e. The van der Waals surface area contributed by atoms with Crippen molar-refractivity contribution >= 4 is 26.9 Å². The summed E-state index contributed by atoms with van der Waals surface area (Å²) in [6.45, 7) is 0.113. The van der Waals surface area contributed by atoms with Crippen LogP contribution in [0.5, 0.6) is 0 Å². The van der Waals surface area contributed by atoms with Crippen LogP contribution < -0.4 is 21.5 Å². The molecule has 5 atom stereocenters. The minimum absolute atomic E-state index is 0.0287. The molecule has 4 heterocycles. The number of nitrogens with zero attached hydrogens (tertiary/aromatic N) is 1. The molecule has 4 unspecified atom stereocenters. The van der Waals surface area contributed by atoms with Gasteiger partial charge in [-0.3, -0.25) is 14.8 Å². The van der Waals surface area contributed by atoms with Crippen LogP contribution in [-0.4, -0.2) is 65.3 Å². The number of aromatic nitrogens is 2. The Balaban J connectivity index is 1.64. The van der Waals surface area contributed by atoms with E-state index in [1.54, 1.807) is 0 Å². The lowest BCUT2D eigenvalue weighted by Gasteiger charge is -2.28. The van der Waals surface area contributed by atoms with Crippen LogP contribution in [0, 0.1) is 0 Å². The monoisotopic (exact) mass is 343 g/mol. The van der Waals surface area contributed by atoms with Gasteiger partial charge in [-0.2, -0.15) is 9.05 Å². The Morgan fingerprint density at radius 1 is 1.35 bits per heavy atom. The van der Waals surface area contributed by atoms with Crippen LogP contribution in [0.15, 0.2) is 9.59 Å². The average Bonchev–Trinajstić information content (AvgIpc) is 3.00. The normalized spacial score (nSPS) is 39.0. The Labute approximate surface area is 130 Å². The fourth-order valence-corrected chi connectivity index (χ4v) is 3.97. The number of hydrogen-bond donors (Lipinski definition) is 5. The highest BCUT2D eigenvalue weighted by atomic mass is 31.2. The summed E-state index contributed by atoms with van der Waals surface area (Å²) in [5, 5.41) is 13.3. The summed E-state index contributed by atoms with van der Waals surface area (Å²) < 4.78 is 15.9. The minimum atomic E-state index is -3.47. The minimum Gasteiger partial charge on any atom is -0.385 e. The number of fused-ring (bicyclic) bond motifs is 2. The molecule has 0 spiro atoms. The van der Waals surface area contributed by atoms with Gasteiger partial charge in [-0.05, 0) is 0 Å². The largest absolute Gasteiger partial charge is 0.488 e. The van der Waals surface area contributed by atoms with Crippen molar-refractivity contribution in [1.29, 1.82) is 0 Å². The van der Waals surface area contributed by atoms with E-state index in [2.05, 4.69) is 15.3 Å². The molecule has 0 bridgehead atoms. The molecule has 11 nitrogen and oxygen atoms in total. The molecule has 0 aromatic carbocycles. The van der Waals surface area contributed by atoms with Crippen molar-refractivity contribution in [2.75, 3.05) is 23.5 Å². The third kappa shape index (κ3) is 2.38. The average molecular weight is 343 g/mol. The van der Waals surface area contributed by atoms with Crippen LogP contribution in [0.2, 0.25) is 0 Å². The van der Waals surface area contributed by atoms with Gasteiger partial charge in [-0.25, -0.2) is 9.69 Å². The van der Waals surface area contributed by atoms with E-state index in [9.17, 15) is 19.6 Å². The zero-order valence-corrected chi connectivity index (χ0v) is 12.5. The maximum atomic E-state index is 11.8. The van der Waals surface area contributed by atoms with Gasteiger partial charge in [0.1, 0.15) is 30.3 Å². The van der Waals surface area contributed by atoms with E-state index in [1.807, 2.05) is 0 Å². The lowest BCUT2D eigenvalue weighted by molar-refractivity contribution is -0.0440. The first-order chi connectivity index (χ1) is 10.9. The highest BCUT2D eigenvalue weighted by Crippen LogP contribution is 2.58. The molecule has 2 radical (unpaired) electrons. The molecule has 4 rings (SSSR count). The molecular formula is C10H13BN4O7P+. The number of rotatable bonds is 1. The zero-order valence-electron chi connectivity index (χ0n) is 11.6. The molecule has 1 aromatic heterocycles. The summed E-state index contributed by atoms with van der Waals surface area (Å²) in [6, 6.07) is 0. The second kappa shape index (κ2) is 5.03. The zero-order chi connectivity index (χ0) is 16.4. The van der Waals surface area contributed by atoms with Crippen molar-refractivity contribution < 1.29 is 23.8 Å². The molecule has 13 heteroatoms. The van der Waals surface area contributed by atoms with Crippen molar-refractivity contribution in [3.63, 3.8) is 0 Å². The summed E-state index contributed by atoms with van der Waals surface area (Å²) in [7, 11) is 1.98. The number of anilines is 2. The van der Waals surface area contributed by atoms with Gasteiger partial charge >= 0.3 is 21.1 Å². The van der Waals surface area contributed by atoms with Crippen LogP contribution in [0.1, 0.15) is 0 Å². The molecule has 0 amide bonds. The molecule has 122 valence electrons. The number of aromatic amines is 2. The van der Waals surface area contributed by atoms with Crippen molar-refractivity contribution in [2.24, 2.45) is 0 Å². The number of aliphatic hydroxyl groups is 1. The van der Waals surface area contributed by atoms with Crippen LogP contribution in [0.3, 0.4) is 0 Å². The smallest absolute Gasteiger partial charge is 0.385 e. The molecule has 5 N–H and O–H groups in total. The lowest BCUT2D eigenvalue weighted by Crippen LogP contribution is -2.46. The van der Waals surface area contributed by atoms with Gasteiger partial charge in [0.25, 0.3) is 5.56 Å². The Bertz CT molecular complexity index is 753. The van der Waals surface area contributed by atoms with E-state index in [0.29, 0.717) is 0 Å². The summed E-state index contributed by atoms with van der Waals surface area (Å²) in [6.07, 6.45) is -3.56. The van der Waals surface area contributed by atoms with Crippen LogP contribution in [0.25, 0.3) is 0 Å². The van der Waals surface area contributed by atoms with Gasteiger partial charge in [-0.15, -0.1) is 0 Å². The van der Waals surface area contributed by atoms with Crippen molar-refractivity contribution in [3.8, 4) is 0 Å². The van der Waals surface area contributed by atoms with Crippen molar-refractivity contribution in [3.05, 3.63) is 20.8 Å². The maximum absolute atomic E-state index is 11.8. The molecule has 2 saturated heterocycles. The van der Waals surface area contributed by atoms with E-state index in [1.165, 1.54) is 4.90 Å². The van der Waals surface area contributed by atoms with E-state index < -0.39 is 43.6 Å². The molecule has 2 fully saturated rings. The first-order valence-electron chi connectivity index (χ1n) is 6.80. The van der Waals surface area contributed by atoms with E-state index >= 15 is 0 Å². The molecule has 0 saturated carbocycles. The van der Waals surface area contributed by atoms with Gasteiger partial charge in [0.15, 0.2) is 12.3 Å². The van der Waals surface area contributed by atoms with E-state index in [0.717, 1.165) is 0 Å². The molecule has 3 aliphatic rings. The molecule has 0 aliphatic carbocycles. The molecule has 23 heavy (non-hydrogen) atoms. The summed E-state index contributed by atoms with van der Waals surface area (Å²) >= 11 is 0. The van der Waals surface area contributed by atoms with Gasteiger partial charge in [0.2, 0.25) is 0 Å². The number of nitrogens with one attached hydrogen (secondary N) is 3. The summed E-state index contributed by atoms with van der Waals surface area (Å²) in [5.41, 5.74) is -1.07. The highest BCUT2D eigenvalue weighted by molar-refractivity contribution is 7.85. The molecule has 3 aliphatic heterocycles. The quantitative estimate of drug-likeness (QED) is 0.278. The SMILES string of the molecule is [B][P+]1(O)OCC2OC(N3CNc4c3[nH]c(=O)[nH]c4=O)C(O)[C@@H]2O1. The summed E-state index contributed by atoms with van der Waals surface area (Å²) in [5.74, 6) is 0.208. The highest BCUT2D eigenvalue weighted by Gasteiger charge is 2.58. The second-order valence-electron chi connectivity index (χ2n) is 5.42. The Morgan fingerprint density at radius 3 is 2.91 bits per heavy atom.